The predicted molar refractivity (Wildman–Crippen MR) is 156 cm³/mol. The van der Waals surface area contributed by atoms with Crippen LogP contribution in [0.15, 0.2) is 95.8 Å². The van der Waals surface area contributed by atoms with Gasteiger partial charge in [0.25, 0.3) is 5.56 Å². The van der Waals surface area contributed by atoms with Gasteiger partial charge in [0.1, 0.15) is 5.75 Å². The van der Waals surface area contributed by atoms with Gasteiger partial charge in [-0.05, 0) is 46.5 Å². The van der Waals surface area contributed by atoms with Crippen molar-refractivity contribution in [2.75, 3.05) is 6.54 Å². The number of amides is 1. The van der Waals surface area contributed by atoms with Crippen molar-refractivity contribution in [3.8, 4) is 5.75 Å². The van der Waals surface area contributed by atoms with Crippen LogP contribution in [-0.4, -0.2) is 27.1 Å². The molecule has 2 aromatic heterocycles. The first kappa shape index (κ1) is 24.5. The Kier molecular flexibility index (Phi) is 6.15. The van der Waals surface area contributed by atoms with E-state index >= 15 is 0 Å². The zero-order valence-corrected chi connectivity index (χ0v) is 21.9. The smallest absolute Gasteiger partial charge is 0.258 e. The fraction of sp³-hybridized carbons (Fsp3) is 0.152. The van der Waals surface area contributed by atoms with Gasteiger partial charge >= 0.3 is 0 Å². The number of nitrogens with one attached hydrogen (secondary N) is 2. The molecule has 1 atom stereocenters. The Labute approximate surface area is 225 Å². The van der Waals surface area contributed by atoms with E-state index in [4.69, 9.17) is 0 Å². The molecule has 1 amide bonds. The summed E-state index contributed by atoms with van der Waals surface area (Å²) >= 11 is 0. The third-order valence-corrected chi connectivity index (χ3v) is 7.62. The van der Waals surface area contributed by atoms with E-state index in [2.05, 4.69) is 34.6 Å². The molecule has 6 aromatic rings. The Morgan fingerprint density at radius 3 is 2.36 bits per heavy atom. The van der Waals surface area contributed by atoms with E-state index < -0.39 is 5.92 Å². The Morgan fingerprint density at radius 1 is 0.897 bits per heavy atom. The fourth-order valence-corrected chi connectivity index (χ4v) is 5.82. The van der Waals surface area contributed by atoms with Crippen molar-refractivity contribution in [1.82, 2.24) is 14.9 Å². The van der Waals surface area contributed by atoms with E-state index in [-0.39, 0.29) is 17.2 Å². The number of fused-ring (bicyclic) bond motifs is 3. The summed E-state index contributed by atoms with van der Waals surface area (Å²) in [6, 6.07) is 29.6. The van der Waals surface area contributed by atoms with Crippen LogP contribution < -0.4 is 10.9 Å². The van der Waals surface area contributed by atoms with Gasteiger partial charge in [-0.25, -0.2) is 0 Å². The van der Waals surface area contributed by atoms with Crippen LogP contribution in [0.4, 0.5) is 0 Å². The van der Waals surface area contributed by atoms with Crippen molar-refractivity contribution < 1.29 is 9.90 Å². The summed E-state index contributed by atoms with van der Waals surface area (Å²) in [5, 5.41) is 18.4. The molecule has 6 rings (SSSR count). The second-order valence-electron chi connectivity index (χ2n) is 9.94. The number of aromatic nitrogens is 2. The number of carbonyl (C=O) groups excluding carboxylic acids is 1. The zero-order chi connectivity index (χ0) is 27.1. The van der Waals surface area contributed by atoms with Crippen molar-refractivity contribution in [3.05, 3.63) is 124 Å². The lowest BCUT2D eigenvalue weighted by Crippen LogP contribution is -2.26. The van der Waals surface area contributed by atoms with Gasteiger partial charge in [-0.2, -0.15) is 0 Å². The summed E-state index contributed by atoms with van der Waals surface area (Å²) in [5.74, 6) is -0.694. The molecule has 6 heteroatoms. The molecule has 0 radical (unpaired) electrons. The maximum absolute atomic E-state index is 14.1. The van der Waals surface area contributed by atoms with Crippen LogP contribution in [0.2, 0.25) is 0 Å². The van der Waals surface area contributed by atoms with E-state index in [1.54, 1.807) is 11.6 Å². The summed E-state index contributed by atoms with van der Waals surface area (Å²) < 4.78 is 1.61. The molecule has 0 saturated carbocycles. The molecule has 2 heterocycles. The van der Waals surface area contributed by atoms with E-state index in [0.717, 1.165) is 38.5 Å². The number of hydrogen-bond donors (Lipinski definition) is 3. The minimum absolute atomic E-state index is 0.0156. The second kappa shape index (κ2) is 9.80. The van der Waals surface area contributed by atoms with Crippen molar-refractivity contribution >= 4 is 38.5 Å². The molecule has 3 N–H and O–H groups in total. The van der Waals surface area contributed by atoms with Gasteiger partial charge in [-0.15, -0.1) is 0 Å². The highest BCUT2D eigenvalue weighted by Gasteiger charge is 2.31. The number of benzene rings is 4. The number of pyridine rings is 1. The lowest BCUT2D eigenvalue weighted by atomic mass is 9.83. The normalized spacial score (nSPS) is 12.3. The second-order valence-corrected chi connectivity index (χ2v) is 9.94. The largest absolute Gasteiger partial charge is 0.507 e. The fourth-order valence-electron chi connectivity index (χ4n) is 5.82. The van der Waals surface area contributed by atoms with Crippen molar-refractivity contribution in [1.29, 1.82) is 0 Å². The van der Waals surface area contributed by atoms with Gasteiger partial charge in [-0.3, -0.25) is 9.59 Å². The van der Waals surface area contributed by atoms with Crippen LogP contribution in [-0.2, 0) is 18.3 Å². The third kappa shape index (κ3) is 4.14. The van der Waals surface area contributed by atoms with Gasteiger partial charge in [0.15, 0.2) is 0 Å². The van der Waals surface area contributed by atoms with Crippen LogP contribution >= 0.6 is 0 Å². The quantitative estimate of drug-likeness (QED) is 0.264. The maximum atomic E-state index is 14.1. The minimum atomic E-state index is -0.584. The SMILES string of the molecule is CC(=O)NCCc1c(C(c2c(O)c3ccccc3n(C)c2=O)c2cccc3ccccc23)[nH]c2ccccc12. The molecule has 0 aliphatic rings. The number of aromatic amines is 1. The number of aryl methyl sites for hydroxylation is 1. The molecule has 1 unspecified atom stereocenters. The van der Waals surface area contributed by atoms with E-state index in [1.807, 2.05) is 66.7 Å². The summed E-state index contributed by atoms with van der Waals surface area (Å²) in [4.78, 5) is 29.4. The van der Waals surface area contributed by atoms with E-state index in [9.17, 15) is 14.7 Å². The van der Waals surface area contributed by atoms with Crippen LogP contribution in [0.5, 0.6) is 5.75 Å². The Balaban J connectivity index is 1.72. The molecule has 0 bridgehead atoms. The van der Waals surface area contributed by atoms with E-state index in [1.165, 1.54) is 6.92 Å². The molecule has 0 aliphatic heterocycles. The summed E-state index contributed by atoms with van der Waals surface area (Å²) in [7, 11) is 1.75. The Hall–Kier alpha value is -4.84. The van der Waals surface area contributed by atoms with Crippen LogP contribution in [0.3, 0.4) is 0 Å². The summed E-state index contributed by atoms with van der Waals surface area (Å²) in [5.41, 5.74) is 4.43. The molecule has 0 fully saturated rings. The van der Waals surface area contributed by atoms with Crippen molar-refractivity contribution in [3.63, 3.8) is 0 Å². The molecule has 6 nitrogen and oxygen atoms in total. The highest BCUT2D eigenvalue weighted by atomic mass is 16.3. The average Bonchev–Trinajstić information content (AvgIpc) is 3.31. The molecular weight excluding hydrogens is 486 g/mol. The number of nitrogens with zero attached hydrogens (tertiary/aromatic N) is 1. The Morgan fingerprint density at radius 2 is 1.56 bits per heavy atom. The zero-order valence-electron chi connectivity index (χ0n) is 21.9. The molecule has 0 spiro atoms. The Bertz CT molecular complexity index is 1930. The van der Waals surface area contributed by atoms with Gasteiger partial charge < -0.3 is 20.0 Å². The lowest BCUT2D eigenvalue weighted by Gasteiger charge is -2.23. The number of carbonyl (C=O) groups is 1. The standard InChI is InChI=1S/C33H29N3O3/c1-20(37)34-19-18-25-23-13-5-7-16-27(23)35-31(25)29(24-15-9-11-21-10-3-4-12-22(21)24)30-32(38)26-14-6-8-17-28(26)36(2)33(30)39/h3-17,29,35,38H,18-19H2,1-2H3,(H,34,37). The average molecular weight is 516 g/mol. The van der Waals surface area contributed by atoms with Crippen molar-refractivity contribution in [2.45, 2.75) is 19.3 Å². The van der Waals surface area contributed by atoms with E-state index in [0.29, 0.717) is 29.4 Å². The van der Waals surface area contributed by atoms with Gasteiger partial charge in [0.05, 0.1) is 17.0 Å². The first-order valence-electron chi connectivity index (χ1n) is 13.1. The van der Waals surface area contributed by atoms with Crippen LogP contribution in [0.25, 0.3) is 32.6 Å². The van der Waals surface area contributed by atoms with Gasteiger partial charge in [0.2, 0.25) is 5.91 Å². The van der Waals surface area contributed by atoms with Gasteiger partial charge in [0, 0.05) is 42.5 Å². The predicted octanol–water partition coefficient (Wildman–Crippen LogP) is 5.74. The molecule has 194 valence electrons. The molecular formula is C33H29N3O3. The highest BCUT2D eigenvalue weighted by Crippen LogP contribution is 2.43. The highest BCUT2D eigenvalue weighted by molar-refractivity contribution is 5.91. The first-order chi connectivity index (χ1) is 19.0. The summed E-state index contributed by atoms with van der Waals surface area (Å²) in [6.07, 6.45) is 0.564. The molecule has 4 aromatic carbocycles. The number of H-pyrrole nitrogens is 1. The third-order valence-electron chi connectivity index (χ3n) is 7.62. The van der Waals surface area contributed by atoms with Crippen molar-refractivity contribution in [2.24, 2.45) is 7.05 Å². The van der Waals surface area contributed by atoms with Crippen LogP contribution in [0, 0.1) is 0 Å². The number of hydrogen-bond acceptors (Lipinski definition) is 3. The topological polar surface area (TPSA) is 87.1 Å². The molecule has 0 aliphatic carbocycles. The summed E-state index contributed by atoms with van der Waals surface area (Å²) in [6.45, 7) is 1.96. The number of aromatic hydroxyl groups is 1. The maximum Gasteiger partial charge on any atom is 0.258 e. The molecule has 0 saturated heterocycles. The van der Waals surface area contributed by atoms with Gasteiger partial charge in [-0.1, -0.05) is 72.8 Å². The number of rotatable bonds is 6. The monoisotopic (exact) mass is 515 g/mol. The minimum Gasteiger partial charge on any atom is -0.507 e. The van der Waals surface area contributed by atoms with Crippen LogP contribution in [0.1, 0.15) is 35.2 Å². The molecule has 39 heavy (non-hydrogen) atoms. The first-order valence-corrected chi connectivity index (χ1v) is 13.1. The lowest BCUT2D eigenvalue weighted by molar-refractivity contribution is -0.118. The number of para-hydroxylation sites is 2.